The zero-order valence-electron chi connectivity index (χ0n) is 68.4. The predicted molar refractivity (Wildman–Crippen MR) is 428 cm³/mol. The van der Waals surface area contributed by atoms with Crippen LogP contribution in [-0.4, -0.2) is 238 Å². The zero-order valence-corrected chi connectivity index (χ0v) is 72.3. The Labute approximate surface area is 651 Å². The van der Waals surface area contributed by atoms with Gasteiger partial charge in [-0.05, 0) is 89.9 Å². The summed E-state index contributed by atoms with van der Waals surface area (Å²) in [6, 6.07) is 0. The van der Waals surface area contributed by atoms with Crippen molar-refractivity contribution in [3.63, 3.8) is 0 Å². The predicted octanol–water partition coefficient (Wildman–Crippen LogP) is 18.3. The van der Waals surface area contributed by atoms with Crippen LogP contribution in [0.2, 0.25) is 0 Å². The molecular formula is C80H157IO21PS-. The van der Waals surface area contributed by atoms with Gasteiger partial charge in [0, 0.05) is 79.8 Å². The normalized spacial score (nSPS) is 20.1. The second-order valence-electron chi connectivity index (χ2n) is 27.1. The number of ether oxygens (including phenoxy) is 20. The first-order chi connectivity index (χ1) is 50.9. The topological polar surface area (TPSA) is 194 Å². The molecule has 1 aliphatic heterocycles. The molecule has 17 atom stereocenters. The fourth-order valence-electron chi connectivity index (χ4n) is 11.7. The third-order valence-corrected chi connectivity index (χ3v) is 19.6. The van der Waals surface area contributed by atoms with E-state index < -0.39 is 112 Å². The van der Waals surface area contributed by atoms with Crippen molar-refractivity contribution in [3.05, 3.63) is 12.7 Å². The average Bonchev–Trinajstić information content (AvgIpc) is 0.796. The van der Waals surface area contributed by atoms with Crippen molar-refractivity contribution >= 4 is 36.3 Å². The molecule has 0 N–H and O–H groups in total. The van der Waals surface area contributed by atoms with Crippen molar-refractivity contribution in [3.8, 4) is 0 Å². The van der Waals surface area contributed by atoms with Crippen molar-refractivity contribution in [2.45, 2.75) is 374 Å². The van der Waals surface area contributed by atoms with Gasteiger partial charge in [0.2, 0.25) is 0 Å². The van der Waals surface area contributed by atoms with Crippen molar-refractivity contribution in [2.75, 3.05) is 134 Å². The molecule has 1 heterocycles. The Hall–Kier alpha value is 0.410. The van der Waals surface area contributed by atoms with Gasteiger partial charge in [0.25, 0.3) is 0 Å². The van der Waals surface area contributed by atoms with E-state index in [0.717, 1.165) is 167 Å². The summed E-state index contributed by atoms with van der Waals surface area (Å²) in [5.74, 6) is 0. The van der Waals surface area contributed by atoms with E-state index in [2.05, 4.69) is 119 Å². The Morgan fingerprint density at radius 1 is 0.356 bits per heavy atom. The van der Waals surface area contributed by atoms with Crippen LogP contribution in [-0.2, 0) is 106 Å². The molecule has 622 valence electrons. The summed E-state index contributed by atoms with van der Waals surface area (Å²) < 4.78 is 147. The van der Waals surface area contributed by atoms with E-state index in [1.165, 1.54) is 0 Å². The molecule has 0 saturated carbocycles. The summed E-state index contributed by atoms with van der Waals surface area (Å²) in [7, 11) is 8.90. The molecule has 1 fully saturated rings. The number of rotatable bonds is 79. The van der Waals surface area contributed by atoms with Crippen LogP contribution in [0.15, 0.2) is 12.7 Å². The average molecular weight is 1650 g/mol. The summed E-state index contributed by atoms with van der Waals surface area (Å²) in [5, 5.41) is 0. The third kappa shape index (κ3) is 45.9. The standard InChI is InChI=1S/C80H157IO21PS/c1-17-30-43-59-97-80-74(96-58-42-29-13)72(94-56-40-27-11)71(93-55-39-26-10)67(100-80)63-98-77(82-14)75(69(91-53-37-24-8)65(88-50-34-21-5)45-61-86-48-32-19-3)101-79(84-16)76(70(92-54-38-25-9)66(89-51-35-22-6)46-62-99-104(81)103)102-78(83-15)73(95-57-41-28-12)68(90-52-36-23-7)64(87-49-33-20-4)44-60-85-47-31-18-2/h17,64-80H,1,18-63H2,2-16H3/q-1. The van der Waals surface area contributed by atoms with Crippen molar-refractivity contribution in [2.24, 2.45) is 0 Å². The minimum absolute atomic E-state index is 0.0511. The Morgan fingerprint density at radius 2 is 0.683 bits per heavy atom. The summed E-state index contributed by atoms with van der Waals surface area (Å²) in [6.07, 6.45) is 11.6. The molecule has 104 heavy (non-hydrogen) atoms. The molecule has 24 heteroatoms. The van der Waals surface area contributed by atoms with E-state index in [1.807, 2.05) is 6.08 Å². The second-order valence-corrected chi connectivity index (χ2v) is 33.3. The second kappa shape index (κ2) is 72.4. The van der Waals surface area contributed by atoms with Crippen molar-refractivity contribution in [1.82, 2.24) is 0 Å². The van der Waals surface area contributed by atoms with Crippen LogP contribution in [0.25, 0.3) is 0 Å². The summed E-state index contributed by atoms with van der Waals surface area (Å²) >= 11 is 2.19. The number of allylic oxidation sites excluding steroid dienone is 1. The van der Waals surface area contributed by atoms with Crippen LogP contribution in [0, 0.1) is 0 Å². The third-order valence-electron chi connectivity index (χ3n) is 18.1. The number of hydrogen-bond donors (Lipinski definition) is 0. The van der Waals surface area contributed by atoms with E-state index in [0.29, 0.717) is 125 Å². The molecule has 1 aliphatic rings. The number of hydrogen-bond acceptors (Lipinski definition) is 22. The molecule has 0 spiro atoms. The van der Waals surface area contributed by atoms with Gasteiger partial charge in [-0.3, -0.25) is 0 Å². The van der Waals surface area contributed by atoms with Gasteiger partial charge >= 0.3 is 253 Å². The van der Waals surface area contributed by atoms with E-state index >= 15 is 0 Å². The van der Waals surface area contributed by atoms with Gasteiger partial charge in [0.05, 0.1) is 13.2 Å². The smallest absolute Gasteiger partial charge is 0.381 e. The molecule has 21 nitrogen and oxygen atoms in total. The fourth-order valence-corrected chi connectivity index (χ4v) is 12.7. The first-order valence-electron chi connectivity index (χ1n) is 41.4. The molecule has 0 radical (unpaired) electrons. The molecular weight excluding hydrogens is 1490 g/mol. The molecule has 0 aromatic heterocycles. The van der Waals surface area contributed by atoms with Gasteiger partial charge in [-0.2, -0.15) is 0 Å². The Morgan fingerprint density at radius 3 is 1.08 bits per heavy atom. The van der Waals surface area contributed by atoms with Gasteiger partial charge in [-0.25, -0.2) is 0 Å². The van der Waals surface area contributed by atoms with Gasteiger partial charge in [-0.1, -0.05) is 140 Å². The monoisotopic (exact) mass is 1640 g/mol. The molecule has 1 saturated heterocycles. The number of unbranched alkanes of at least 4 members (excludes halogenated alkanes) is 13. The summed E-state index contributed by atoms with van der Waals surface area (Å²) in [6.45, 7) is 37.1. The van der Waals surface area contributed by atoms with Crippen molar-refractivity contribution in [1.29, 1.82) is 0 Å². The van der Waals surface area contributed by atoms with Crippen LogP contribution in [0.1, 0.15) is 269 Å². The van der Waals surface area contributed by atoms with E-state index in [9.17, 15) is 0 Å². The quantitative estimate of drug-likeness (QED) is 0.0139. The molecule has 0 amide bonds. The number of methoxy groups -OCH3 is 3. The van der Waals surface area contributed by atoms with E-state index in [-0.39, 0.29) is 6.61 Å². The Balaban J connectivity index is 4.95. The van der Waals surface area contributed by atoms with Gasteiger partial charge in [0.1, 0.15) is 24.4 Å². The van der Waals surface area contributed by atoms with Gasteiger partial charge in [-0.15, -0.1) is 6.58 Å². The molecule has 0 bridgehead atoms. The maximum atomic E-state index is 7.87. The van der Waals surface area contributed by atoms with Crippen LogP contribution in [0.3, 0.4) is 0 Å². The first-order valence-corrected chi connectivity index (χ1v) is 46.1. The van der Waals surface area contributed by atoms with Crippen LogP contribution in [0.5, 0.6) is 0 Å². The summed E-state index contributed by atoms with van der Waals surface area (Å²) in [5.41, 5.74) is 0. The van der Waals surface area contributed by atoms with Crippen molar-refractivity contribution < 1.29 is 98.9 Å². The first kappa shape index (κ1) is 102. The number of halogens is 1. The Kier molecular flexibility index (Phi) is 71.3. The van der Waals surface area contributed by atoms with Gasteiger partial charge in [0.15, 0.2) is 6.29 Å². The molecule has 1 rings (SSSR count). The van der Waals surface area contributed by atoms with Crippen LogP contribution < -0.4 is 0 Å². The van der Waals surface area contributed by atoms with Gasteiger partial charge < -0.3 is 42.6 Å². The van der Waals surface area contributed by atoms with Crippen LogP contribution in [0.4, 0.5) is 0 Å². The molecule has 0 aliphatic carbocycles. The minimum Gasteiger partial charge on any atom is -0.381 e. The van der Waals surface area contributed by atoms with E-state index in [4.69, 9.17) is 98.9 Å². The minimum atomic E-state index is -1.32. The molecule has 17 unspecified atom stereocenters. The Bertz CT molecular complexity index is 1930. The van der Waals surface area contributed by atoms with E-state index in [1.54, 1.807) is 21.3 Å². The SMILES string of the molecule is C=CCCCOC1OC(COC(OC)C(OC(OC)C(OC(OC)C(OCCCC)C(OCCCC)C(CCOCCCC)OCCCC)C(OCCCC)C(CCO[S-](#P)I)OCCCC)C(OCCCC)C(CCOCCCC)OCCCC)C(OCCCC)C(OCCCC)C1OCCCC. The zero-order chi connectivity index (χ0) is 76.5. The maximum absolute atomic E-state index is 7.87. The fraction of sp³-hybridized carbons (Fsp3) is 0.975. The summed E-state index contributed by atoms with van der Waals surface area (Å²) in [4.78, 5) is 0. The molecule has 0 aromatic rings. The molecule has 0 aromatic carbocycles. The van der Waals surface area contributed by atoms with Crippen LogP contribution >= 0.6 is 29.0 Å².